The number of rotatable bonds is 7. The second kappa shape index (κ2) is 8.60. The van der Waals surface area contributed by atoms with Crippen molar-refractivity contribution >= 4 is 23.2 Å². The van der Waals surface area contributed by atoms with Crippen molar-refractivity contribution in [1.29, 1.82) is 0 Å². The molecule has 0 amide bonds. The molecule has 0 radical (unpaired) electrons. The Morgan fingerprint density at radius 2 is 0.893 bits per heavy atom. The monoisotopic (exact) mass is 391 g/mol. The Labute approximate surface area is 170 Å². The molecular weight excluding hydrogens is 359 g/mol. The van der Waals surface area contributed by atoms with Crippen LogP contribution >= 0.6 is 7.26 Å². The fourth-order valence-electron chi connectivity index (χ4n) is 4.18. The van der Waals surface area contributed by atoms with E-state index in [1.54, 1.807) is 0 Å². The summed E-state index contributed by atoms with van der Waals surface area (Å²) in [5.41, 5.74) is -0.755. The number of benzene rings is 3. The molecular formula is C26H32OP+. The van der Waals surface area contributed by atoms with Gasteiger partial charge in [-0.2, -0.15) is 0 Å². The first kappa shape index (κ1) is 20.8. The highest BCUT2D eigenvalue weighted by molar-refractivity contribution is 7.95. The van der Waals surface area contributed by atoms with E-state index in [-0.39, 0.29) is 11.8 Å². The third-order valence-corrected chi connectivity index (χ3v) is 10.6. The largest absolute Gasteiger partial charge is 0.386 e. The molecule has 3 aromatic carbocycles. The van der Waals surface area contributed by atoms with Crippen LogP contribution in [-0.4, -0.2) is 16.9 Å². The average Bonchev–Trinajstić information content (AvgIpc) is 2.73. The van der Waals surface area contributed by atoms with Crippen LogP contribution < -0.4 is 15.9 Å². The molecule has 0 atom stereocenters. The van der Waals surface area contributed by atoms with E-state index in [1.807, 2.05) is 0 Å². The summed E-state index contributed by atoms with van der Waals surface area (Å²) < 4.78 is 0. The van der Waals surface area contributed by atoms with Crippen molar-refractivity contribution in [3.8, 4) is 0 Å². The first-order valence-electron chi connectivity index (χ1n) is 10.2. The maximum Gasteiger partial charge on any atom is 0.115 e. The lowest BCUT2D eigenvalue weighted by Gasteiger charge is -2.40. The fourth-order valence-corrected chi connectivity index (χ4v) is 9.16. The molecule has 28 heavy (non-hydrogen) atoms. The highest BCUT2D eigenvalue weighted by atomic mass is 31.2. The lowest BCUT2D eigenvalue weighted by atomic mass is 9.82. The zero-order chi connectivity index (χ0) is 20.2. The summed E-state index contributed by atoms with van der Waals surface area (Å²) >= 11 is 0. The van der Waals surface area contributed by atoms with Crippen molar-refractivity contribution in [2.24, 2.45) is 11.8 Å². The number of hydrogen-bond acceptors (Lipinski definition) is 1. The third-order valence-electron chi connectivity index (χ3n) is 6.08. The van der Waals surface area contributed by atoms with Crippen molar-refractivity contribution in [3.63, 3.8) is 0 Å². The Hall–Kier alpha value is -1.95. The van der Waals surface area contributed by atoms with E-state index in [4.69, 9.17) is 0 Å². The van der Waals surface area contributed by atoms with Gasteiger partial charge in [-0.3, -0.25) is 0 Å². The van der Waals surface area contributed by atoms with E-state index >= 15 is 0 Å². The van der Waals surface area contributed by atoms with Gasteiger partial charge in [0.15, 0.2) is 0 Å². The standard InChI is InChI=1S/C26H32OP/c1-21(2)26(27,22(3)4)20-28(23-14-8-5-9-15-23,24-16-10-6-11-17-24)25-18-12-7-13-19-25/h5-19,21-22,27H,20H2,1-4H3/q+1. The molecule has 0 bridgehead atoms. The van der Waals surface area contributed by atoms with Crippen LogP contribution in [0, 0.1) is 11.8 Å². The predicted octanol–water partition coefficient (Wildman–Crippen LogP) is 5.02. The minimum atomic E-state index is -2.03. The maximum absolute atomic E-state index is 11.9. The van der Waals surface area contributed by atoms with E-state index in [0.29, 0.717) is 0 Å². The molecule has 0 unspecified atom stereocenters. The lowest BCUT2D eigenvalue weighted by Crippen LogP contribution is -2.50. The fraction of sp³-hybridized carbons (Fsp3) is 0.308. The molecule has 0 saturated heterocycles. The van der Waals surface area contributed by atoms with Gasteiger partial charge in [0.1, 0.15) is 34.9 Å². The van der Waals surface area contributed by atoms with Crippen molar-refractivity contribution in [1.82, 2.24) is 0 Å². The minimum absolute atomic E-state index is 0.169. The first-order valence-corrected chi connectivity index (χ1v) is 12.2. The summed E-state index contributed by atoms with van der Waals surface area (Å²) in [4.78, 5) is 0. The van der Waals surface area contributed by atoms with Gasteiger partial charge in [-0.05, 0) is 48.2 Å². The Bertz CT molecular complexity index is 752. The molecule has 0 heterocycles. The summed E-state index contributed by atoms with van der Waals surface area (Å²) in [6.45, 7) is 8.59. The molecule has 0 saturated carbocycles. The van der Waals surface area contributed by atoms with Crippen LogP contribution in [0.5, 0.6) is 0 Å². The Kier molecular flexibility index (Phi) is 6.38. The van der Waals surface area contributed by atoms with Crippen LogP contribution in [0.25, 0.3) is 0 Å². The van der Waals surface area contributed by atoms with E-state index in [0.717, 1.165) is 6.16 Å². The Morgan fingerprint density at radius 1 is 0.607 bits per heavy atom. The predicted molar refractivity (Wildman–Crippen MR) is 125 cm³/mol. The topological polar surface area (TPSA) is 20.2 Å². The molecule has 3 rings (SSSR count). The normalized spacial score (nSPS) is 12.5. The summed E-state index contributed by atoms with van der Waals surface area (Å²) in [5.74, 6) is 0.339. The summed E-state index contributed by atoms with van der Waals surface area (Å²) in [6, 6.07) is 32.4. The number of aliphatic hydroxyl groups is 1. The van der Waals surface area contributed by atoms with Crippen LogP contribution in [0.1, 0.15) is 27.7 Å². The van der Waals surface area contributed by atoms with Crippen molar-refractivity contribution in [2.45, 2.75) is 33.3 Å². The van der Waals surface area contributed by atoms with E-state index < -0.39 is 12.9 Å². The van der Waals surface area contributed by atoms with Crippen molar-refractivity contribution in [2.75, 3.05) is 6.16 Å². The van der Waals surface area contributed by atoms with Gasteiger partial charge < -0.3 is 5.11 Å². The Morgan fingerprint density at radius 3 is 1.14 bits per heavy atom. The SMILES string of the molecule is CC(C)C(O)(C[P+](c1ccccc1)(c1ccccc1)c1ccccc1)C(C)C. The lowest BCUT2D eigenvalue weighted by molar-refractivity contribution is -0.0252. The van der Waals surface area contributed by atoms with Crippen molar-refractivity contribution in [3.05, 3.63) is 91.0 Å². The Balaban J connectivity index is 2.34. The van der Waals surface area contributed by atoms with Gasteiger partial charge in [-0.15, -0.1) is 0 Å². The minimum Gasteiger partial charge on any atom is -0.386 e. The van der Waals surface area contributed by atoms with Crippen LogP contribution in [0.3, 0.4) is 0 Å². The average molecular weight is 392 g/mol. The van der Waals surface area contributed by atoms with E-state index in [1.165, 1.54) is 15.9 Å². The highest BCUT2D eigenvalue weighted by Gasteiger charge is 2.53. The van der Waals surface area contributed by atoms with Gasteiger partial charge in [0, 0.05) is 0 Å². The van der Waals surface area contributed by atoms with Gasteiger partial charge in [0.2, 0.25) is 0 Å². The molecule has 0 aromatic heterocycles. The molecule has 3 aromatic rings. The third kappa shape index (κ3) is 3.79. The van der Waals surface area contributed by atoms with Crippen LogP contribution in [0.15, 0.2) is 91.0 Å². The van der Waals surface area contributed by atoms with Crippen molar-refractivity contribution < 1.29 is 5.11 Å². The van der Waals surface area contributed by atoms with Gasteiger partial charge in [-0.1, -0.05) is 82.3 Å². The molecule has 1 N–H and O–H groups in total. The van der Waals surface area contributed by atoms with Crippen LogP contribution in [0.2, 0.25) is 0 Å². The molecule has 2 heteroatoms. The molecule has 1 nitrogen and oxygen atoms in total. The van der Waals surface area contributed by atoms with E-state index in [9.17, 15) is 5.11 Å². The highest BCUT2D eigenvalue weighted by Crippen LogP contribution is 2.59. The quantitative estimate of drug-likeness (QED) is 0.561. The number of hydrogen-bond donors (Lipinski definition) is 1. The maximum atomic E-state index is 11.9. The molecule has 0 aliphatic rings. The molecule has 0 aliphatic heterocycles. The van der Waals surface area contributed by atoms with Crippen LogP contribution in [0.4, 0.5) is 0 Å². The molecule has 146 valence electrons. The summed E-state index contributed by atoms with van der Waals surface area (Å²) in [7, 11) is -2.03. The zero-order valence-corrected chi connectivity index (χ0v) is 18.3. The molecule has 0 spiro atoms. The van der Waals surface area contributed by atoms with E-state index in [2.05, 4.69) is 119 Å². The second-order valence-electron chi connectivity index (χ2n) is 8.28. The van der Waals surface area contributed by atoms with Gasteiger partial charge >= 0.3 is 0 Å². The smallest absolute Gasteiger partial charge is 0.115 e. The molecule has 0 fully saturated rings. The molecule has 0 aliphatic carbocycles. The first-order chi connectivity index (χ1) is 13.4. The summed E-state index contributed by atoms with van der Waals surface area (Å²) in [5, 5.41) is 15.9. The van der Waals surface area contributed by atoms with Gasteiger partial charge in [0.25, 0.3) is 0 Å². The van der Waals surface area contributed by atoms with Gasteiger partial charge in [-0.25, -0.2) is 0 Å². The van der Waals surface area contributed by atoms with Gasteiger partial charge in [0.05, 0.1) is 0 Å². The summed E-state index contributed by atoms with van der Waals surface area (Å²) in [6.07, 6.45) is 0.743. The zero-order valence-electron chi connectivity index (χ0n) is 17.4. The van der Waals surface area contributed by atoms with Crippen LogP contribution in [-0.2, 0) is 0 Å². The second-order valence-corrected chi connectivity index (χ2v) is 11.8.